The Morgan fingerprint density at radius 1 is 1.12 bits per heavy atom. The number of amides is 2. The maximum absolute atomic E-state index is 12.8. The number of benzene rings is 2. The Hall–Kier alpha value is -2.96. The first-order chi connectivity index (χ1) is 19.7. The Balaban J connectivity index is 1.66. The molecule has 3 rings (SSSR count). The summed E-state index contributed by atoms with van der Waals surface area (Å²) in [5.41, 5.74) is 2.48. The van der Waals surface area contributed by atoms with Gasteiger partial charge in [0.15, 0.2) is 0 Å². The molecule has 1 saturated heterocycles. The molecule has 0 spiro atoms. The van der Waals surface area contributed by atoms with Crippen molar-refractivity contribution >= 4 is 29.5 Å². The summed E-state index contributed by atoms with van der Waals surface area (Å²) in [5, 5.41) is 27.4. The minimum Gasteiger partial charge on any atom is -0.465 e. The van der Waals surface area contributed by atoms with Crippen LogP contribution in [0.15, 0.2) is 54.6 Å². The van der Waals surface area contributed by atoms with Crippen molar-refractivity contribution < 1.29 is 38.8 Å². The zero-order valence-corrected chi connectivity index (χ0v) is 24.5. The van der Waals surface area contributed by atoms with Crippen molar-refractivity contribution in [2.24, 2.45) is 0 Å². The Morgan fingerprint density at radius 2 is 1.80 bits per heavy atom. The van der Waals surface area contributed by atoms with Crippen LogP contribution in [0.5, 0.6) is 0 Å². The molecule has 1 heterocycles. The maximum Gasteiger partial charge on any atom is 0.366 e. The molecule has 0 bridgehead atoms. The van der Waals surface area contributed by atoms with E-state index in [2.05, 4.69) is 10.6 Å². The monoisotopic (exact) mass is 588 g/mol. The average Bonchev–Trinajstić information content (AvgIpc) is 2.98. The number of thioether (sulfide) groups is 1. The van der Waals surface area contributed by atoms with E-state index < -0.39 is 42.0 Å². The molecular weight excluding hydrogens is 548 g/mol. The van der Waals surface area contributed by atoms with Crippen molar-refractivity contribution in [1.29, 1.82) is 0 Å². The highest BCUT2D eigenvalue weighted by Crippen LogP contribution is 2.34. The quantitative estimate of drug-likeness (QED) is 0.193. The predicted molar refractivity (Wildman–Crippen MR) is 156 cm³/mol. The van der Waals surface area contributed by atoms with Crippen LogP contribution < -0.4 is 10.6 Å². The number of hydrogen-bond acceptors (Lipinski definition) is 9. The first kappa shape index (κ1) is 32.6. The van der Waals surface area contributed by atoms with Crippen LogP contribution in [0.2, 0.25) is 0 Å². The third kappa shape index (κ3) is 9.01. The van der Waals surface area contributed by atoms with E-state index >= 15 is 0 Å². The van der Waals surface area contributed by atoms with Gasteiger partial charge in [-0.3, -0.25) is 9.59 Å². The molecule has 0 aliphatic carbocycles. The fraction of sp³-hybridized carbons (Fsp3) is 0.500. The van der Waals surface area contributed by atoms with E-state index in [-0.39, 0.29) is 31.9 Å². The van der Waals surface area contributed by atoms with Crippen LogP contribution in [0.25, 0.3) is 11.1 Å². The Kier molecular flexibility index (Phi) is 12.6. The molecule has 1 fully saturated rings. The largest absolute Gasteiger partial charge is 0.465 e. The lowest BCUT2D eigenvalue weighted by atomic mass is 9.89. The number of rotatable bonds is 14. The molecule has 2 aromatic rings. The smallest absolute Gasteiger partial charge is 0.366 e. The van der Waals surface area contributed by atoms with Gasteiger partial charge in [0.2, 0.25) is 5.91 Å². The van der Waals surface area contributed by atoms with Gasteiger partial charge in [-0.15, -0.1) is 0 Å². The number of hydrogen-bond donors (Lipinski definition) is 4. The van der Waals surface area contributed by atoms with Gasteiger partial charge >= 0.3 is 5.97 Å². The first-order valence-corrected chi connectivity index (χ1v) is 14.9. The molecule has 0 saturated carbocycles. The van der Waals surface area contributed by atoms with Crippen LogP contribution >= 0.6 is 11.8 Å². The van der Waals surface area contributed by atoms with Crippen LogP contribution in [0, 0.1) is 0 Å². The molecule has 2 amide bonds. The molecule has 1 aliphatic rings. The van der Waals surface area contributed by atoms with Crippen LogP contribution in [-0.4, -0.2) is 89.9 Å². The van der Waals surface area contributed by atoms with E-state index in [1.165, 1.54) is 14.0 Å². The van der Waals surface area contributed by atoms with Crippen molar-refractivity contribution in [1.82, 2.24) is 10.6 Å². The molecule has 5 atom stereocenters. The molecule has 4 N–H and O–H groups in total. The van der Waals surface area contributed by atoms with Crippen molar-refractivity contribution in [3.05, 3.63) is 60.2 Å². The highest BCUT2D eigenvalue weighted by Gasteiger charge is 2.55. The number of methoxy groups -OCH3 is 1. The lowest BCUT2D eigenvalue weighted by molar-refractivity contribution is -0.307. The number of carbonyl (C=O) groups is 3. The Bertz CT molecular complexity index is 1130. The summed E-state index contributed by atoms with van der Waals surface area (Å²) in [7, 11) is 1.18. The van der Waals surface area contributed by atoms with Gasteiger partial charge in [0, 0.05) is 25.5 Å². The molecule has 0 aromatic heterocycles. The minimum atomic E-state index is -1.95. The average molecular weight is 589 g/mol. The van der Waals surface area contributed by atoms with Crippen LogP contribution in [-0.2, 0) is 23.8 Å². The van der Waals surface area contributed by atoms with Gasteiger partial charge in [0.1, 0.15) is 6.10 Å². The number of esters is 1. The second-order valence-electron chi connectivity index (χ2n) is 9.78. The number of aliphatic hydroxyl groups excluding tert-OH is 2. The third-order valence-corrected chi connectivity index (χ3v) is 7.76. The molecule has 2 aromatic carbocycles. The van der Waals surface area contributed by atoms with Crippen molar-refractivity contribution in [2.45, 2.75) is 63.3 Å². The van der Waals surface area contributed by atoms with Crippen LogP contribution in [0.4, 0.5) is 0 Å². The van der Waals surface area contributed by atoms with Crippen LogP contribution in [0.1, 0.15) is 43.5 Å². The van der Waals surface area contributed by atoms with E-state index in [4.69, 9.17) is 14.2 Å². The van der Waals surface area contributed by atoms with E-state index in [1.807, 2.05) is 49.4 Å². The summed E-state index contributed by atoms with van der Waals surface area (Å²) in [6, 6.07) is 16.0. The SMILES string of the molecule is CCSCCCO[C@]1(C(=O)OC)C[C@H](O)[C@@H](NC(C)=O)[C@H]([C@H](O)CCNC(=O)c2ccc(-c3ccccc3)cc2)O1. The van der Waals surface area contributed by atoms with E-state index in [9.17, 15) is 24.6 Å². The summed E-state index contributed by atoms with van der Waals surface area (Å²) in [5.74, 6) is -1.80. The van der Waals surface area contributed by atoms with E-state index in [0.29, 0.717) is 12.0 Å². The molecule has 0 radical (unpaired) electrons. The van der Waals surface area contributed by atoms with Gasteiger partial charge in [-0.2, -0.15) is 11.8 Å². The summed E-state index contributed by atoms with van der Waals surface area (Å²) in [4.78, 5) is 37.4. The fourth-order valence-electron chi connectivity index (χ4n) is 4.72. The zero-order chi connectivity index (χ0) is 29.8. The normalized spacial score (nSPS) is 22.9. The molecule has 10 nitrogen and oxygen atoms in total. The van der Waals surface area contributed by atoms with E-state index in [0.717, 1.165) is 22.6 Å². The summed E-state index contributed by atoms with van der Waals surface area (Å²) < 4.78 is 16.8. The molecule has 0 unspecified atom stereocenters. The van der Waals surface area contributed by atoms with Gasteiger partial charge in [0.05, 0.1) is 32.0 Å². The number of ether oxygens (including phenoxy) is 3. The summed E-state index contributed by atoms with van der Waals surface area (Å²) in [6.07, 6.45) is -3.39. The van der Waals surface area contributed by atoms with E-state index in [1.54, 1.807) is 23.9 Å². The van der Waals surface area contributed by atoms with Gasteiger partial charge in [-0.05, 0) is 47.6 Å². The zero-order valence-electron chi connectivity index (χ0n) is 23.7. The molecular formula is C30H40N2O8S. The molecule has 11 heteroatoms. The third-order valence-electron chi connectivity index (χ3n) is 6.77. The number of aliphatic hydroxyl groups is 2. The molecule has 224 valence electrons. The highest BCUT2D eigenvalue weighted by atomic mass is 32.2. The maximum atomic E-state index is 12.8. The fourth-order valence-corrected chi connectivity index (χ4v) is 5.33. The van der Waals surface area contributed by atoms with Crippen molar-refractivity contribution in [2.75, 3.05) is 31.8 Å². The van der Waals surface area contributed by atoms with Crippen molar-refractivity contribution in [3.63, 3.8) is 0 Å². The van der Waals surface area contributed by atoms with Crippen molar-refractivity contribution in [3.8, 4) is 11.1 Å². The predicted octanol–water partition coefficient (Wildman–Crippen LogP) is 2.52. The lowest BCUT2D eigenvalue weighted by Gasteiger charge is -2.46. The second kappa shape index (κ2) is 15.9. The van der Waals surface area contributed by atoms with Gasteiger partial charge in [-0.1, -0.05) is 49.4 Å². The Morgan fingerprint density at radius 3 is 2.44 bits per heavy atom. The topological polar surface area (TPSA) is 143 Å². The second-order valence-corrected chi connectivity index (χ2v) is 11.2. The number of carbonyl (C=O) groups excluding carboxylic acids is 3. The number of nitrogens with one attached hydrogen (secondary N) is 2. The molecule has 1 aliphatic heterocycles. The Labute approximate surface area is 245 Å². The van der Waals surface area contributed by atoms with Gasteiger partial charge in [0.25, 0.3) is 11.7 Å². The highest BCUT2D eigenvalue weighted by molar-refractivity contribution is 7.99. The summed E-state index contributed by atoms with van der Waals surface area (Å²) in [6.45, 7) is 3.56. The van der Waals surface area contributed by atoms with Gasteiger partial charge in [-0.25, -0.2) is 4.79 Å². The first-order valence-electron chi connectivity index (χ1n) is 13.8. The summed E-state index contributed by atoms with van der Waals surface area (Å²) >= 11 is 1.72. The lowest BCUT2D eigenvalue weighted by Crippen LogP contribution is -2.66. The van der Waals surface area contributed by atoms with Crippen LogP contribution in [0.3, 0.4) is 0 Å². The molecule has 41 heavy (non-hydrogen) atoms. The minimum absolute atomic E-state index is 0.0195. The standard InChI is InChI=1S/C30H40N2O8S/c1-4-41-18-8-17-39-30(29(37)38-3)19-25(35)26(32-20(2)33)27(40-30)24(34)15-16-31-28(36)23-13-11-22(12-14-23)21-9-6-5-7-10-21/h5-7,9-14,24-27,34-35H,4,8,15-19H2,1-3H3,(H,31,36)(H,32,33)/t24-,25+,26-,27+,30-/m1/s1. The van der Waals surface area contributed by atoms with Gasteiger partial charge < -0.3 is 35.1 Å².